The molecule has 32 heavy (non-hydrogen) atoms. The molecular weight excluding hydrogens is 400 g/mol. The van der Waals surface area contributed by atoms with Crippen LogP contribution in [0.4, 0.5) is 5.69 Å². The van der Waals surface area contributed by atoms with Crippen LogP contribution in [0.2, 0.25) is 0 Å². The van der Waals surface area contributed by atoms with Gasteiger partial charge in [0.2, 0.25) is 5.91 Å². The zero-order valence-corrected chi connectivity index (χ0v) is 19.9. The van der Waals surface area contributed by atoms with Gasteiger partial charge in [-0.15, -0.1) is 0 Å². The normalized spacial score (nSPS) is 14.9. The number of methoxy groups -OCH3 is 1. The van der Waals surface area contributed by atoms with E-state index in [-0.39, 0.29) is 5.91 Å². The second kappa shape index (κ2) is 8.73. The molecular formula is C27H32N2O3. The van der Waals surface area contributed by atoms with Gasteiger partial charge in [-0.05, 0) is 69.0 Å². The van der Waals surface area contributed by atoms with Gasteiger partial charge in [-0.3, -0.25) is 4.79 Å². The molecule has 168 valence electrons. The third kappa shape index (κ3) is 4.12. The first-order chi connectivity index (χ1) is 15.3. The summed E-state index contributed by atoms with van der Waals surface area (Å²) in [4.78, 5) is 17.4. The Bertz CT molecular complexity index is 1200. The largest absolute Gasteiger partial charge is 0.496 e. The van der Waals surface area contributed by atoms with E-state index in [2.05, 4.69) is 49.9 Å². The number of furan rings is 1. The molecule has 1 amide bonds. The number of hydrogen-bond donors (Lipinski definition) is 0. The number of carbonyl (C=O) groups excluding carboxylic acids is 1. The van der Waals surface area contributed by atoms with Crippen LogP contribution in [0, 0.1) is 27.7 Å². The second-order valence-electron chi connectivity index (χ2n) is 8.76. The Kier molecular flexibility index (Phi) is 6.00. The Hall–Kier alpha value is -3.21. The Morgan fingerprint density at radius 3 is 2.44 bits per heavy atom. The van der Waals surface area contributed by atoms with Crippen LogP contribution in [0.5, 0.6) is 5.75 Å². The predicted octanol–water partition coefficient (Wildman–Crippen LogP) is 5.43. The number of aryl methyl sites for hydroxylation is 4. The summed E-state index contributed by atoms with van der Waals surface area (Å²) in [6, 6.07) is 10.5. The summed E-state index contributed by atoms with van der Waals surface area (Å²) in [5, 5.41) is 1.06. The van der Waals surface area contributed by atoms with Gasteiger partial charge in [-0.25, -0.2) is 0 Å². The molecule has 1 saturated heterocycles. The maximum absolute atomic E-state index is 13.1. The van der Waals surface area contributed by atoms with E-state index in [0.717, 1.165) is 46.5 Å². The van der Waals surface area contributed by atoms with Crippen molar-refractivity contribution in [1.82, 2.24) is 4.90 Å². The molecule has 0 atom stereocenters. The van der Waals surface area contributed by atoms with Crippen molar-refractivity contribution in [2.45, 2.75) is 34.6 Å². The van der Waals surface area contributed by atoms with Gasteiger partial charge in [0.05, 0.1) is 7.11 Å². The predicted molar refractivity (Wildman–Crippen MR) is 131 cm³/mol. The quantitative estimate of drug-likeness (QED) is 0.516. The monoisotopic (exact) mass is 432 g/mol. The number of carbonyl (C=O) groups is 1. The summed E-state index contributed by atoms with van der Waals surface area (Å²) in [6.45, 7) is 13.4. The lowest BCUT2D eigenvalue weighted by Gasteiger charge is -2.36. The maximum atomic E-state index is 13.1. The van der Waals surface area contributed by atoms with Gasteiger partial charge in [-0.2, -0.15) is 0 Å². The zero-order chi connectivity index (χ0) is 23.0. The fraction of sp³-hybridized carbons (Fsp3) is 0.370. The highest BCUT2D eigenvalue weighted by Crippen LogP contribution is 2.35. The van der Waals surface area contributed by atoms with Crippen molar-refractivity contribution in [3.8, 4) is 5.75 Å². The van der Waals surface area contributed by atoms with Crippen molar-refractivity contribution in [1.29, 1.82) is 0 Å². The van der Waals surface area contributed by atoms with Gasteiger partial charge in [-0.1, -0.05) is 12.1 Å². The van der Waals surface area contributed by atoms with Gasteiger partial charge in [0.25, 0.3) is 0 Å². The number of hydrogen-bond acceptors (Lipinski definition) is 4. The van der Waals surface area contributed by atoms with Gasteiger partial charge in [0.1, 0.15) is 17.1 Å². The third-order valence-corrected chi connectivity index (χ3v) is 6.56. The molecule has 1 aliphatic rings. The molecule has 2 aromatic carbocycles. The van der Waals surface area contributed by atoms with Crippen LogP contribution < -0.4 is 9.64 Å². The van der Waals surface area contributed by atoms with Gasteiger partial charge >= 0.3 is 0 Å². The van der Waals surface area contributed by atoms with Crippen molar-refractivity contribution < 1.29 is 13.9 Å². The number of amides is 1. The Labute approximate surface area is 190 Å². The van der Waals surface area contributed by atoms with Crippen LogP contribution in [-0.2, 0) is 4.79 Å². The van der Waals surface area contributed by atoms with Crippen LogP contribution in [0.1, 0.15) is 34.9 Å². The SMILES string of the molecule is COc1cc2oc(C)c(C)c2cc1/C(C)=C/C(=O)N1CCN(c2cc(C)ccc2C)CC1. The summed E-state index contributed by atoms with van der Waals surface area (Å²) in [6.07, 6.45) is 1.74. The highest BCUT2D eigenvalue weighted by molar-refractivity contribution is 5.97. The van der Waals surface area contributed by atoms with E-state index >= 15 is 0 Å². The lowest BCUT2D eigenvalue weighted by Crippen LogP contribution is -2.48. The minimum atomic E-state index is 0.0466. The van der Waals surface area contributed by atoms with Gasteiger partial charge in [0, 0.05) is 55.0 Å². The molecule has 5 heteroatoms. The lowest BCUT2D eigenvalue weighted by molar-refractivity contribution is -0.126. The molecule has 0 N–H and O–H groups in total. The van der Waals surface area contributed by atoms with Crippen LogP contribution in [-0.4, -0.2) is 44.1 Å². The topological polar surface area (TPSA) is 45.9 Å². The number of rotatable bonds is 4. The van der Waals surface area contributed by atoms with Gasteiger partial charge in [0.15, 0.2) is 0 Å². The summed E-state index contributed by atoms with van der Waals surface area (Å²) >= 11 is 0. The van der Waals surface area contributed by atoms with Crippen LogP contribution in [0.25, 0.3) is 16.5 Å². The first-order valence-electron chi connectivity index (χ1n) is 11.2. The van der Waals surface area contributed by atoms with Crippen molar-refractivity contribution in [2.75, 3.05) is 38.2 Å². The molecule has 4 rings (SSSR count). The fourth-order valence-electron chi connectivity index (χ4n) is 4.43. The molecule has 2 heterocycles. The van der Waals surface area contributed by atoms with Gasteiger partial charge < -0.3 is 19.0 Å². The fourth-order valence-corrected chi connectivity index (χ4v) is 4.43. The number of ether oxygens (including phenoxy) is 1. The van der Waals surface area contributed by atoms with Crippen molar-refractivity contribution in [2.24, 2.45) is 0 Å². The molecule has 1 fully saturated rings. The number of fused-ring (bicyclic) bond motifs is 1. The van der Waals surface area contributed by atoms with E-state index in [1.807, 2.05) is 24.8 Å². The Balaban J connectivity index is 1.52. The van der Waals surface area contributed by atoms with Crippen LogP contribution in [0.15, 0.2) is 40.8 Å². The highest BCUT2D eigenvalue weighted by Gasteiger charge is 2.22. The highest BCUT2D eigenvalue weighted by atomic mass is 16.5. The number of anilines is 1. The molecule has 0 saturated carbocycles. The molecule has 0 unspecified atom stereocenters. The van der Waals surface area contributed by atoms with E-state index in [1.165, 1.54) is 16.8 Å². The first kappa shape index (κ1) is 22.0. The molecule has 3 aromatic rings. The van der Waals surface area contributed by atoms with Crippen LogP contribution in [0.3, 0.4) is 0 Å². The number of nitrogens with zero attached hydrogens (tertiary/aromatic N) is 2. The number of allylic oxidation sites excluding steroid dienone is 1. The molecule has 5 nitrogen and oxygen atoms in total. The minimum Gasteiger partial charge on any atom is -0.496 e. The number of piperazine rings is 1. The van der Waals surface area contributed by atoms with E-state index in [1.54, 1.807) is 13.2 Å². The Morgan fingerprint density at radius 2 is 1.75 bits per heavy atom. The summed E-state index contributed by atoms with van der Waals surface area (Å²) < 4.78 is 11.4. The van der Waals surface area contributed by atoms with Crippen molar-refractivity contribution in [3.05, 3.63) is 64.4 Å². The second-order valence-corrected chi connectivity index (χ2v) is 8.76. The van der Waals surface area contributed by atoms with Crippen molar-refractivity contribution >= 4 is 28.1 Å². The van der Waals surface area contributed by atoms with E-state index < -0.39 is 0 Å². The summed E-state index contributed by atoms with van der Waals surface area (Å²) in [5.41, 5.74) is 7.55. The molecule has 1 aliphatic heterocycles. The third-order valence-electron chi connectivity index (χ3n) is 6.56. The molecule has 0 radical (unpaired) electrons. The smallest absolute Gasteiger partial charge is 0.246 e. The van der Waals surface area contributed by atoms with E-state index in [0.29, 0.717) is 18.8 Å². The van der Waals surface area contributed by atoms with E-state index in [9.17, 15) is 4.79 Å². The first-order valence-corrected chi connectivity index (χ1v) is 11.2. The molecule has 0 spiro atoms. The number of benzene rings is 2. The maximum Gasteiger partial charge on any atom is 0.246 e. The molecule has 0 aliphatic carbocycles. The average Bonchev–Trinajstić information content (AvgIpc) is 3.07. The Morgan fingerprint density at radius 1 is 1.03 bits per heavy atom. The summed E-state index contributed by atoms with van der Waals surface area (Å²) in [7, 11) is 1.65. The molecule has 1 aromatic heterocycles. The van der Waals surface area contributed by atoms with Crippen LogP contribution >= 0.6 is 0 Å². The standard InChI is InChI=1S/C27H32N2O3/c1-17-7-8-18(2)24(13-17)28-9-11-29(12-10-28)27(30)14-19(3)22-15-23-20(4)21(5)32-26(23)16-25(22)31-6/h7-8,13-16H,9-12H2,1-6H3/b19-14+. The molecule has 0 bridgehead atoms. The van der Waals surface area contributed by atoms with Crippen molar-refractivity contribution in [3.63, 3.8) is 0 Å². The summed E-state index contributed by atoms with van der Waals surface area (Å²) in [5.74, 6) is 1.66. The zero-order valence-electron chi connectivity index (χ0n) is 19.9. The average molecular weight is 433 g/mol. The lowest BCUT2D eigenvalue weighted by atomic mass is 10.0. The minimum absolute atomic E-state index is 0.0466. The van der Waals surface area contributed by atoms with E-state index in [4.69, 9.17) is 9.15 Å².